The highest BCUT2D eigenvalue weighted by Gasteiger charge is 2.18. The molecule has 0 atom stereocenters. The molecule has 0 fully saturated rings. The van der Waals surface area contributed by atoms with E-state index in [9.17, 15) is 21.6 Å². The minimum atomic E-state index is -3.96. The van der Waals surface area contributed by atoms with Crippen LogP contribution in [0.5, 0.6) is 0 Å². The predicted octanol–water partition coefficient (Wildman–Crippen LogP) is 2.72. The minimum Gasteiger partial charge on any atom is -0.462 e. The molecular weight excluding hydrogens is 402 g/mol. The second-order valence-corrected chi connectivity index (χ2v) is 9.37. The van der Waals surface area contributed by atoms with E-state index in [2.05, 4.69) is 4.72 Å². The van der Waals surface area contributed by atoms with Crippen molar-refractivity contribution >= 4 is 43.1 Å². The molecule has 0 radical (unpaired) electrons. The number of carbonyl (C=O) groups excluding carboxylic acids is 1. The molecule has 0 saturated carbocycles. The van der Waals surface area contributed by atoms with Crippen LogP contribution in [-0.2, 0) is 24.6 Å². The number of carbonyl (C=O) groups is 1. The number of benzene rings is 2. The zero-order chi connectivity index (χ0) is 19.5. The Kier molecular flexibility index (Phi) is 5.94. The first kappa shape index (κ1) is 20.2. The number of sulfonamides is 1. The van der Waals surface area contributed by atoms with Gasteiger partial charge in [-0.15, -0.1) is 0 Å². The molecule has 0 aliphatic rings. The van der Waals surface area contributed by atoms with Gasteiger partial charge in [-0.1, -0.05) is 11.6 Å². The lowest BCUT2D eigenvalue weighted by Crippen LogP contribution is -2.13. The van der Waals surface area contributed by atoms with E-state index in [4.69, 9.17) is 16.3 Å². The van der Waals surface area contributed by atoms with Crippen molar-refractivity contribution in [3.63, 3.8) is 0 Å². The van der Waals surface area contributed by atoms with Gasteiger partial charge in [0.05, 0.1) is 32.7 Å². The van der Waals surface area contributed by atoms with Crippen LogP contribution in [0, 0.1) is 0 Å². The molecule has 2 aromatic rings. The van der Waals surface area contributed by atoms with Crippen molar-refractivity contribution in [3.8, 4) is 0 Å². The summed E-state index contributed by atoms with van der Waals surface area (Å²) in [5.74, 6) is -0.608. The molecule has 140 valence electrons. The number of ether oxygens (including phenoxy) is 1. The number of hydrogen-bond donors (Lipinski definition) is 1. The number of hydrogen-bond acceptors (Lipinski definition) is 6. The van der Waals surface area contributed by atoms with Crippen molar-refractivity contribution in [2.24, 2.45) is 0 Å². The first-order valence-electron chi connectivity index (χ1n) is 7.34. The normalized spacial score (nSPS) is 11.8. The molecular formula is C16H16ClNO6S2. The van der Waals surface area contributed by atoms with Crippen LogP contribution in [-0.4, -0.2) is 35.7 Å². The fourth-order valence-electron chi connectivity index (χ4n) is 2.03. The lowest BCUT2D eigenvalue weighted by Gasteiger charge is -2.10. The Morgan fingerprint density at radius 1 is 1.04 bits per heavy atom. The highest BCUT2D eigenvalue weighted by molar-refractivity contribution is 7.92. The van der Waals surface area contributed by atoms with E-state index in [-0.39, 0.29) is 32.7 Å². The third kappa shape index (κ3) is 4.75. The zero-order valence-electron chi connectivity index (χ0n) is 13.9. The number of esters is 1. The number of rotatable bonds is 6. The highest BCUT2D eigenvalue weighted by atomic mass is 35.5. The number of sulfone groups is 1. The SMILES string of the molecule is CCOC(=O)c1ccc(NS(=O)(=O)c2ccc(S(C)(=O)=O)cc2)cc1Cl. The van der Waals surface area contributed by atoms with E-state index < -0.39 is 25.8 Å². The highest BCUT2D eigenvalue weighted by Crippen LogP contribution is 2.24. The lowest BCUT2D eigenvalue weighted by molar-refractivity contribution is 0.0526. The van der Waals surface area contributed by atoms with Crippen LogP contribution in [0.15, 0.2) is 52.3 Å². The lowest BCUT2D eigenvalue weighted by atomic mass is 10.2. The Bertz CT molecular complexity index is 1030. The van der Waals surface area contributed by atoms with Gasteiger partial charge in [0.1, 0.15) is 0 Å². The quantitative estimate of drug-likeness (QED) is 0.724. The van der Waals surface area contributed by atoms with Gasteiger partial charge in [0, 0.05) is 6.26 Å². The molecule has 0 spiro atoms. The van der Waals surface area contributed by atoms with Crippen LogP contribution in [0.25, 0.3) is 0 Å². The summed E-state index contributed by atoms with van der Waals surface area (Å²) in [4.78, 5) is 11.6. The largest absolute Gasteiger partial charge is 0.462 e. The molecule has 2 aromatic carbocycles. The molecule has 0 saturated heterocycles. The summed E-state index contributed by atoms with van der Waals surface area (Å²) in [6, 6.07) is 8.81. The molecule has 0 aliphatic carbocycles. The summed E-state index contributed by atoms with van der Waals surface area (Å²) >= 11 is 6.00. The van der Waals surface area contributed by atoms with E-state index in [1.54, 1.807) is 6.92 Å². The van der Waals surface area contributed by atoms with Crippen LogP contribution in [0.1, 0.15) is 17.3 Å². The van der Waals surface area contributed by atoms with Crippen LogP contribution >= 0.6 is 11.6 Å². The van der Waals surface area contributed by atoms with Gasteiger partial charge < -0.3 is 4.74 Å². The van der Waals surface area contributed by atoms with Crippen molar-refractivity contribution in [2.45, 2.75) is 16.7 Å². The molecule has 2 rings (SSSR count). The van der Waals surface area contributed by atoms with Gasteiger partial charge in [-0.25, -0.2) is 21.6 Å². The summed E-state index contributed by atoms with van der Waals surface area (Å²) in [6.07, 6.45) is 1.03. The van der Waals surface area contributed by atoms with Crippen molar-refractivity contribution in [3.05, 3.63) is 53.1 Å². The molecule has 0 aromatic heterocycles. The molecule has 1 N–H and O–H groups in total. The van der Waals surface area contributed by atoms with E-state index >= 15 is 0 Å². The average molecular weight is 418 g/mol. The molecule has 0 aliphatic heterocycles. The summed E-state index contributed by atoms with van der Waals surface area (Å²) in [7, 11) is -7.38. The Balaban J connectivity index is 2.27. The second-order valence-electron chi connectivity index (χ2n) is 5.26. The summed E-state index contributed by atoms with van der Waals surface area (Å²) < 4.78 is 54.8. The first-order valence-corrected chi connectivity index (χ1v) is 11.1. The Labute approximate surface area is 156 Å². The summed E-state index contributed by atoms with van der Waals surface area (Å²) in [6.45, 7) is 1.84. The number of halogens is 1. The first-order chi connectivity index (χ1) is 12.0. The summed E-state index contributed by atoms with van der Waals surface area (Å²) in [5, 5.41) is 0.0380. The summed E-state index contributed by atoms with van der Waals surface area (Å²) in [5.41, 5.74) is 0.268. The number of nitrogens with one attached hydrogen (secondary N) is 1. The van der Waals surface area contributed by atoms with Gasteiger partial charge in [0.2, 0.25) is 0 Å². The van der Waals surface area contributed by atoms with Gasteiger partial charge in [-0.2, -0.15) is 0 Å². The Morgan fingerprint density at radius 2 is 1.62 bits per heavy atom. The monoisotopic (exact) mass is 417 g/mol. The van der Waals surface area contributed by atoms with Gasteiger partial charge in [0.15, 0.2) is 9.84 Å². The molecule has 10 heteroatoms. The van der Waals surface area contributed by atoms with Crippen molar-refractivity contribution in [2.75, 3.05) is 17.6 Å². The minimum absolute atomic E-state index is 0.0123. The van der Waals surface area contributed by atoms with Crippen LogP contribution < -0.4 is 4.72 Å². The van der Waals surface area contributed by atoms with Crippen molar-refractivity contribution < 1.29 is 26.4 Å². The molecule has 0 bridgehead atoms. The third-order valence-corrected chi connectivity index (χ3v) is 6.12. The van der Waals surface area contributed by atoms with Gasteiger partial charge in [-0.3, -0.25) is 4.72 Å². The fourth-order valence-corrected chi connectivity index (χ4v) is 3.97. The smallest absolute Gasteiger partial charge is 0.339 e. The zero-order valence-corrected chi connectivity index (χ0v) is 16.3. The molecule has 0 unspecified atom stereocenters. The average Bonchev–Trinajstić information content (AvgIpc) is 2.54. The van der Waals surface area contributed by atoms with Gasteiger partial charge in [0.25, 0.3) is 10.0 Å². The van der Waals surface area contributed by atoms with Crippen LogP contribution in [0.3, 0.4) is 0 Å². The van der Waals surface area contributed by atoms with E-state index in [0.29, 0.717) is 0 Å². The maximum Gasteiger partial charge on any atom is 0.339 e. The third-order valence-electron chi connectivity index (χ3n) is 3.28. The van der Waals surface area contributed by atoms with Crippen LogP contribution in [0.2, 0.25) is 5.02 Å². The van der Waals surface area contributed by atoms with Gasteiger partial charge in [-0.05, 0) is 49.4 Å². The van der Waals surface area contributed by atoms with E-state index in [0.717, 1.165) is 6.26 Å². The van der Waals surface area contributed by atoms with Crippen molar-refractivity contribution in [1.82, 2.24) is 0 Å². The van der Waals surface area contributed by atoms with Crippen molar-refractivity contribution in [1.29, 1.82) is 0 Å². The van der Waals surface area contributed by atoms with E-state index in [1.807, 2.05) is 0 Å². The van der Waals surface area contributed by atoms with Crippen LogP contribution in [0.4, 0.5) is 5.69 Å². The topological polar surface area (TPSA) is 107 Å². The molecule has 7 nitrogen and oxygen atoms in total. The second kappa shape index (κ2) is 7.65. The molecule has 26 heavy (non-hydrogen) atoms. The number of anilines is 1. The maximum absolute atomic E-state index is 12.4. The fraction of sp³-hybridized carbons (Fsp3) is 0.188. The Morgan fingerprint density at radius 3 is 2.12 bits per heavy atom. The standard InChI is InChI=1S/C16H16ClNO6S2/c1-3-24-16(19)14-9-4-11(10-15(14)17)18-26(22,23)13-7-5-12(6-8-13)25(2,20)21/h4-10,18H,3H2,1-2H3. The predicted molar refractivity (Wildman–Crippen MR) is 97.8 cm³/mol. The molecule has 0 amide bonds. The van der Waals surface area contributed by atoms with E-state index in [1.165, 1.54) is 42.5 Å². The Hall–Kier alpha value is -2.10. The van der Waals surface area contributed by atoms with Gasteiger partial charge >= 0.3 is 5.97 Å². The molecule has 0 heterocycles. The maximum atomic E-state index is 12.4.